The molecule has 0 amide bonds. The van der Waals surface area contributed by atoms with E-state index in [2.05, 4.69) is 0 Å². The summed E-state index contributed by atoms with van der Waals surface area (Å²) in [5, 5.41) is 0. The van der Waals surface area contributed by atoms with Gasteiger partial charge in [-0.05, 0) is 19.3 Å². The first kappa shape index (κ1) is 18.3. The predicted octanol–water partition coefficient (Wildman–Crippen LogP) is 0.762. The van der Waals surface area contributed by atoms with Crippen LogP contribution in [0, 0.1) is 0 Å². The first-order chi connectivity index (χ1) is 6.91. The summed E-state index contributed by atoms with van der Waals surface area (Å²) in [5.41, 5.74) is 0.138. The molecule has 0 bridgehead atoms. The lowest BCUT2D eigenvalue weighted by atomic mass is 9.60. The molecule has 0 heterocycles. The molecule has 17 heavy (non-hydrogen) atoms. The molecule has 0 atom stereocenters. The fourth-order valence-electron chi connectivity index (χ4n) is 1.24. The first-order valence-electron chi connectivity index (χ1n) is 4.68. The van der Waals surface area contributed by atoms with Crippen LogP contribution in [0.4, 0.5) is 13.2 Å². The molecule has 98 valence electrons. The van der Waals surface area contributed by atoms with Gasteiger partial charge in [-0.2, -0.15) is 13.2 Å². The van der Waals surface area contributed by atoms with Crippen molar-refractivity contribution in [3.8, 4) is 0 Å². The minimum Gasteiger partial charge on any atom is -0.422 e. The van der Waals surface area contributed by atoms with Crippen LogP contribution in [0.15, 0.2) is 30.3 Å². The van der Waals surface area contributed by atoms with Crippen molar-refractivity contribution >= 4 is 12.4 Å². The molecular formula is C10H16BF3O3. The highest BCUT2D eigenvalue weighted by Gasteiger charge is 2.47. The summed E-state index contributed by atoms with van der Waals surface area (Å²) in [5.74, 6) is 0. The van der Waals surface area contributed by atoms with Gasteiger partial charge in [0.25, 0.3) is 0 Å². The van der Waals surface area contributed by atoms with Crippen LogP contribution < -0.4 is 5.46 Å². The molecule has 0 unspecified atom stereocenters. The van der Waals surface area contributed by atoms with Gasteiger partial charge in [0.05, 0.1) is 0 Å². The van der Waals surface area contributed by atoms with Crippen LogP contribution >= 0.6 is 0 Å². The third kappa shape index (κ3) is 5.72. The number of hydrogen-bond donors (Lipinski definition) is 0. The molecule has 1 aromatic rings. The van der Waals surface area contributed by atoms with Crippen LogP contribution in [0.3, 0.4) is 0 Å². The summed E-state index contributed by atoms with van der Waals surface area (Å²) in [4.78, 5) is 0. The second-order valence-corrected chi connectivity index (χ2v) is 3.52. The minimum atomic E-state index is -4.37. The van der Waals surface area contributed by atoms with Gasteiger partial charge in [0, 0.05) is 6.10 Å². The van der Waals surface area contributed by atoms with Crippen molar-refractivity contribution in [2.75, 3.05) is 0 Å². The Hall–Kier alpha value is -1.05. The fourth-order valence-corrected chi connectivity index (χ4v) is 1.24. The fraction of sp³-hybridized carbons (Fsp3) is 0.400. The van der Waals surface area contributed by atoms with Crippen molar-refractivity contribution in [3.63, 3.8) is 0 Å². The molecule has 0 saturated heterocycles. The molecule has 7 heteroatoms. The molecule has 4 N–H and O–H groups in total. The largest absolute Gasteiger partial charge is 0.453 e. The van der Waals surface area contributed by atoms with E-state index >= 15 is 0 Å². The summed E-state index contributed by atoms with van der Waals surface area (Å²) in [6.45, 7) is 1.34. The molecule has 0 aromatic heterocycles. The number of benzene rings is 1. The van der Waals surface area contributed by atoms with Crippen LogP contribution in [0.2, 0.25) is 0 Å². The van der Waals surface area contributed by atoms with E-state index in [1.54, 1.807) is 32.0 Å². The standard InChI is InChI=1S/C10H12BF3O.2H2O/c1-8(2)15-11(10(12,13)14)9-6-4-3-5-7-9;;/h3-8H,1-2H3;2*1H2. The third-order valence-electron chi connectivity index (χ3n) is 1.81. The summed E-state index contributed by atoms with van der Waals surface area (Å²) >= 11 is 0. The Labute approximate surface area is 98.3 Å². The van der Waals surface area contributed by atoms with Gasteiger partial charge in [-0.15, -0.1) is 0 Å². The summed E-state index contributed by atoms with van der Waals surface area (Å²) in [7, 11) is 0. The Morgan fingerprint density at radius 1 is 1.06 bits per heavy atom. The van der Waals surface area contributed by atoms with Crippen molar-refractivity contribution in [2.45, 2.75) is 26.0 Å². The second kappa shape index (κ2) is 7.31. The third-order valence-corrected chi connectivity index (χ3v) is 1.81. The molecule has 0 aliphatic heterocycles. The van der Waals surface area contributed by atoms with E-state index in [1.807, 2.05) is 0 Å². The Kier molecular flexibility index (Phi) is 7.88. The van der Waals surface area contributed by atoms with Gasteiger partial charge in [0.1, 0.15) is 0 Å². The molecular weight excluding hydrogens is 236 g/mol. The maximum atomic E-state index is 12.6. The normalized spacial score (nSPS) is 10.5. The molecule has 1 rings (SSSR count). The quantitative estimate of drug-likeness (QED) is 0.732. The van der Waals surface area contributed by atoms with Crippen molar-refractivity contribution in [1.82, 2.24) is 0 Å². The maximum Gasteiger partial charge on any atom is 0.453 e. The van der Waals surface area contributed by atoms with Crippen molar-refractivity contribution in [3.05, 3.63) is 30.3 Å². The van der Waals surface area contributed by atoms with E-state index < -0.39 is 19.1 Å². The van der Waals surface area contributed by atoms with E-state index in [9.17, 15) is 13.2 Å². The SMILES string of the molecule is CC(C)OB(c1ccccc1)C(F)(F)F.O.O. The second-order valence-electron chi connectivity index (χ2n) is 3.52. The average Bonchev–Trinajstić information content (AvgIpc) is 2.14. The molecule has 3 nitrogen and oxygen atoms in total. The van der Waals surface area contributed by atoms with Crippen LogP contribution in [0.1, 0.15) is 13.8 Å². The first-order valence-corrected chi connectivity index (χ1v) is 4.68. The van der Waals surface area contributed by atoms with Gasteiger partial charge in [-0.3, -0.25) is 0 Å². The van der Waals surface area contributed by atoms with Crippen LogP contribution in [-0.2, 0) is 4.65 Å². The van der Waals surface area contributed by atoms with Gasteiger partial charge in [-0.1, -0.05) is 30.3 Å². The Morgan fingerprint density at radius 3 is 1.88 bits per heavy atom. The molecule has 0 aliphatic rings. The molecule has 0 spiro atoms. The van der Waals surface area contributed by atoms with Crippen molar-refractivity contribution < 1.29 is 28.8 Å². The predicted molar refractivity (Wildman–Crippen MR) is 61.3 cm³/mol. The number of rotatable bonds is 3. The van der Waals surface area contributed by atoms with E-state index in [0.717, 1.165) is 0 Å². The number of halogens is 3. The van der Waals surface area contributed by atoms with Gasteiger partial charge < -0.3 is 15.6 Å². The summed E-state index contributed by atoms with van der Waals surface area (Å²) < 4.78 is 42.8. The summed E-state index contributed by atoms with van der Waals surface area (Å²) in [6, 6.07) is 7.64. The van der Waals surface area contributed by atoms with Crippen LogP contribution in [-0.4, -0.2) is 30.0 Å². The zero-order chi connectivity index (χ0) is 11.5. The van der Waals surface area contributed by atoms with Crippen LogP contribution in [0.5, 0.6) is 0 Å². The zero-order valence-corrected chi connectivity index (χ0v) is 9.58. The highest BCUT2D eigenvalue weighted by Crippen LogP contribution is 2.20. The molecule has 0 saturated carbocycles. The Morgan fingerprint density at radius 2 is 1.53 bits per heavy atom. The van der Waals surface area contributed by atoms with E-state index in [1.165, 1.54) is 12.1 Å². The average molecular weight is 252 g/mol. The topological polar surface area (TPSA) is 72.2 Å². The number of hydrogen-bond acceptors (Lipinski definition) is 1. The van der Waals surface area contributed by atoms with E-state index in [0.29, 0.717) is 0 Å². The molecule has 0 fully saturated rings. The lowest BCUT2D eigenvalue weighted by Gasteiger charge is -2.19. The maximum absolute atomic E-state index is 12.6. The molecule has 0 radical (unpaired) electrons. The van der Waals surface area contributed by atoms with E-state index in [-0.39, 0.29) is 16.4 Å². The van der Waals surface area contributed by atoms with Gasteiger partial charge >= 0.3 is 13.0 Å². The van der Waals surface area contributed by atoms with Crippen molar-refractivity contribution in [1.29, 1.82) is 0 Å². The molecule has 1 aromatic carbocycles. The smallest absolute Gasteiger partial charge is 0.422 e. The summed E-state index contributed by atoms with van der Waals surface area (Å²) in [6.07, 6.45) is -4.83. The minimum absolute atomic E-state index is 0. The Bertz CT molecular complexity index is 303. The molecule has 0 aliphatic carbocycles. The lowest BCUT2D eigenvalue weighted by Crippen LogP contribution is -2.48. The zero-order valence-electron chi connectivity index (χ0n) is 9.58. The van der Waals surface area contributed by atoms with Gasteiger partial charge in [0.2, 0.25) is 0 Å². The lowest BCUT2D eigenvalue weighted by molar-refractivity contribution is -0.0667. The highest BCUT2D eigenvalue weighted by molar-refractivity contribution is 6.69. The van der Waals surface area contributed by atoms with Gasteiger partial charge in [-0.25, -0.2) is 0 Å². The van der Waals surface area contributed by atoms with Gasteiger partial charge in [0.15, 0.2) is 0 Å². The van der Waals surface area contributed by atoms with E-state index in [4.69, 9.17) is 4.65 Å². The Balaban J connectivity index is 0. The highest BCUT2D eigenvalue weighted by atomic mass is 19.4. The van der Waals surface area contributed by atoms with Crippen molar-refractivity contribution in [2.24, 2.45) is 0 Å². The monoisotopic (exact) mass is 252 g/mol. The number of alkyl halides is 3. The van der Waals surface area contributed by atoms with Crippen LogP contribution in [0.25, 0.3) is 0 Å².